The van der Waals surface area contributed by atoms with Crippen molar-refractivity contribution in [2.45, 2.75) is 6.42 Å². The van der Waals surface area contributed by atoms with Crippen molar-refractivity contribution in [3.05, 3.63) is 40.8 Å². The summed E-state index contributed by atoms with van der Waals surface area (Å²) < 4.78 is 0. The van der Waals surface area contributed by atoms with E-state index in [1.165, 1.54) is 0 Å². The van der Waals surface area contributed by atoms with Crippen molar-refractivity contribution in [3.8, 4) is 0 Å². The molecule has 0 aliphatic carbocycles. The van der Waals surface area contributed by atoms with Gasteiger partial charge in [-0.3, -0.25) is 4.79 Å². The van der Waals surface area contributed by atoms with E-state index in [9.17, 15) is 4.79 Å². The molecule has 1 aliphatic rings. The molecule has 110 valence electrons. The van der Waals surface area contributed by atoms with Gasteiger partial charge in [0, 0.05) is 31.4 Å². The molecule has 1 fully saturated rings. The van der Waals surface area contributed by atoms with Crippen molar-refractivity contribution < 1.29 is 4.79 Å². The van der Waals surface area contributed by atoms with E-state index in [1.807, 2.05) is 17.6 Å². The third-order valence-electron chi connectivity index (χ3n) is 3.46. The van der Waals surface area contributed by atoms with Crippen LogP contribution in [0, 0.1) is 0 Å². The number of aromatic nitrogens is 1. The number of anilines is 2. The lowest BCUT2D eigenvalue weighted by Crippen LogP contribution is -2.47. The second-order valence-corrected chi connectivity index (χ2v) is 5.66. The lowest BCUT2D eigenvalue weighted by molar-refractivity contribution is -0.120. The minimum atomic E-state index is 0.0820. The molecular weight excluding hydrogens is 284 g/mol. The smallest absolute Gasteiger partial charge is 0.239 e. The van der Waals surface area contributed by atoms with Gasteiger partial charge in [0.1, 0.15) is 0 Å². The van der Waals surface area contributed by atoms with Crippen LogP contribution in [0.25, 0.3) is 0 Å². The molecule has 0 unspecified atom stereocenters. The molecule has 1 aliphatic heterocycles. The van der Waals surface area contributed by atoms with Gasteiger partial charge in [-0.25, -0.2) is 4.98 Å². The third-order valence-corrected chi connectivity index (χ3v) is 4.10. The van der Waals surface area contributed by atoms with Crippen molar-refractivity contribution in [1.82, 2.24) is 10.3 Å². The first-order chi connectivity index (χ1) is 10.3. The maximum Gasteiger partial charge on any atom is 0.239 e. The molecule has 2 N–H and O–H groups in total. The Morgan fingerprint density at radius 3 is 3.10 bits per heavy atom. The minimum Gasteiger partial charge on any atom is -0.383 e. The molecule has 0 bridgehead atoms. The van der Waals surface area contributed by atoms with Crippen LogP contribution >= 0.6 is 11.3 Å². The minimum absolute atomic E-state index is 0.0820. The van der Waals surface area contributed by atoms with Crippen LogP contribution in [0.1, 0.15) is 5.69 Å². The predicted molar refractivity (Wildman–Crippen MR) is 86.0 cm³/mol. The lowest BCUT2D eigenvalue weighted by atomic mass is 10.2. The van der Waals surface area contributed by atoms with Crippen LogP contribution in [-0.4, -0.2) is 37.1 Å². The molecule has 6 heteroatoms. The summed E-state index contributed by atoms with van der Waals surface area (Å²) in [6, 6.07) is 8.14. The number of hydrogen-bond donors (Lipinski definition) is 2. The van der Waals surface area contributed by atoms with Crippen molar-refractivity contribution in [3.63, 3.8) is 0 Å². The number of thiazole rings is 1. The van der Waals surface area contributed by atoms with Crippen molar-refractivity contribution in [2.24, 2.45) is 0 Å². The summed E-state index contributed by atoms with van der Waals surface area (Å²) in [7, 11) is 0. The van der Waals surface area contributed by atoms with Gasteiger partial charge in [0.05, 0.1) is 29.1 Å². The monoisotopic (exact) mass is 302 g/mol. The molecule has 0 saturated carbocycles. The molecular formula is C15H18N4OS. The fraction of sp³-hybridized carbons (Fsp3) is 0.333. The molecule has 2 aromatic rings. The summed E-state index contributed by atoms with van der Waals surface area (Å²) in [5, 5.41) is 8.38. The average molecular weight is 302 g/mol. The number of carbonyl (C=O) groups is 1. The second kappa shape index (κ2) is 6.58. The van der Waals surface area contributed by atoms with Gasteiger partial charge in [-0.05, 0) is 12.1 Å². The first-order valence-electron chi connectivity index (χ1n) is 7.04. The van der Waals surface area contributed by atoms with Crippen LogP contribution in [0.15, 0.2) is 35.2 Å². The van der Waals surface area contributed by atoms with Crippen molar-refractivity contribution >= 4 is 28.6 Å². The quantitative estimate of drug-likeness (QED) is 0.883. The third kappa shape index (κ3) is 3.52. The number of piperazine rings is 1. The number of benzene rings is 1. The highest BCUT2D eigenvalue weighted by atomic mass is 32.1. The topological polar surface area (TPSA) is 57.3 Å². The summed E-state index contributed by atoms with van der Waals surface area (Å²) >= 11 is 1.62. The zero-order valence-electron chi connectivity index (χ0n) is 11.7. The fourth-order valence-electron chi connectivity index (χ4n) is 2.43. The normalized spacial score (nSPS) is 14.9. The van der Waals surface area contributed by atoms with Gasteiger partial charge in [0.15, 0.2) is 0 Å². The lowest BCUT2D eigenvalue weighted by Gasteiger charge is -2.30. The molecule has 0 spiro atoms. The highest BCUT2D eigenvalue weighted by molar-refractivity contribution is 7.07. The van der Waals surface area contributed by atoms with Crippen LogP contribution in [0.3, 0.4) is 0 Å². The van der Waals surface area contributed by atoms with Crippen LogP contribution in [0.4, 0.5) is 11.4 Å². The molecule has 0 atom stereocenters. The molecule has 1 amide bonds. The van der Waals surface area contributed by atoms with E-state index in [1.54, 1.807) is 11.3 Å². The highest BCUT2D eigenvalue weighted by Crippen LogP contribution is 2.25. The van der Waals surface area contributed by atoms with E-state index < -0.39 is 0 Å². The predicted octanol–water partition coefficient (Wildman–Crippen LogP) is 1.73. The first-order valence-corrected chi connectivity index (χ1v) is 7.99. The van der Waals surface area contributed by atoms with Crippen LogP contribution in [0.5, 0.6) is 0 Å². The van der Waals surface area contributed by atoms with Gasteiger partial charge in [0.2, 0.25) is 5.91 Å². The molecule has 1 aromatic carbocycles. The molecule has 3 rings (SSSR count). The SMILES string of the molecule is O=C1CN(c2ccccc2NCCc2cscn2)CCN1. The zero-order valence-corrected chi connectivity index (χ0v) is 12.5. The van der Waals surface area contributed by atoms with Gasteiger partial charge in [-0.1, -0.05) is 12.1 Å². The van der Waals surface area contributed by atoms with E-state index >= 15 is 0 Å². The Kier molecular flexibility index (Phi) is 4.35. The molecule has 1 saturated heterocycles. The molecule has 5 nitrogen and oxygen atoms in total. The zero-order chi connectivity index (χ0) is 14.5. The van der Waals surface area contributed by atoms with Crippen LogP contribution < -0.4 is 15.5 Å². The standard InChI is InChI=1S/C15H18N4OS/c20-15-9-19(8-7-17-15)14-4-2-1-3-13(14)16-6-5-12-10-21-11-18-12/h1-4,10-11,16H,5-9H2,(H,17,20). The molecule has 21 heavy (non-hydrogen) atoms. The van der Waals surface area contributed by atoms with Gasteiger partial charge >= 0.3 is 0 Å². The Morgan fingerprint density at radius 2 is 2.29 bits per heavy atom. The summed E-state index contributed by atoms with van der Waals surface area (Å²) in [5.41, 5.74) is 5.13. The maximum atomic E-state index is 11.5. The van der Waals surface area contributed by atoms with E-state index in [4.69, 9.17) is 0 Å². The number of para-hydroxylation sites is 2. The summed E-state index contributed by atoms with van der Waals surface area (Å²) in [6.07, 6.45) is 0.901. The van der Waals surface area contributed by atoms with E-state index in [0.717, 1.165) is 36.6 Å². The number of amides is 1. The van der Waals surface area contributed by atoms with E-state index in [2.05, 4.69) is 38.0 Å². The summed E-state index contributed by atoms with van der Waals surface area (Å²) in [5.74, 6) is 0.0820. The van der Waals surface area contributed by atoms with Gasteiger partial charge < -0.3 is 15.5 Å². The van der Waals surface area contributed by atoms with Gasteiger partial charge in [0.25, 0.3) is 0 Å². The molecule has 0 radical (unpaired) electrons. The second-order valence-electron chi connectivity index (χ2n) is 4.95. The molecule has 1 aromatic heterocycles. The Morgan fingerprint density at radius 1 is 1.38 bits per heavy atom. The number of hydrogen-bond acceptors (Lipinski definition) is 5. The number of nitrogens with zero attached hydrogens (tertiary/aromatic N) is 2. The fourth-order valence-corrected chi connectivity index (χ4v) is 3.02. The van der Waals surface area contributed by atoms with Crippen LogP contribution in [-0.2, 0) is 11.2 Å². The van der Waals surface area contributed by atoms with E-state index in [0.29, 0.717) is 13.1 Å². The Hall–Kier alpha value is -2.08. The van der Waals surface area contributed by atoms with Gasteiger partial charge in [-0.15, -0.1) is 11.3 Å². The van der Waals surface area contributed by atoms with Gasteiger partial charge in [-0.2, -0.15) is 0 Å². The number of nitrogens with one attached hydrogen (secondary N) is 2. The Labute approximate surface area is 128 Å². The summed E-state index contributed by atoms with van der Waals surface area (Å²) in [6.45, 7) is 2.80. The van der Waals surface area contributed by atoms with Crippen molar-refractivity contribution in [1.29, 1.82) is 0 Å². The highest BCUT2D eigenvalue weighted by Gasteiger charge is 2.18. The average Bonchev–Trinajstić information content (AvgIpc) is 3.01. The molecule has 2 heterocycles. The Balaban J connectivity index is 1.66. The van der Waals surface area contributed by atoms with Crippen molar-refractivity contribution in [2.75, 3.05) is 36.4 Å². The van der Waals surface area contributed by atoms with Crippen LogP contribution in [0.2, 0.25) is 0 Å². The van der Waals surface area contributed by atoms with E-state index in [-0.39, 0.29) is 5.91 Å². The number of rotatable bonds is 5. The number of carbonyl (C=O) groups excluding carboxylic acids is 1. The largest absolute Gasteiger partial charge is 0.383 e. The summed E-state index contributed by atoms with van der Waals surface area (Å²) in [4.78, 5) is 17.9. The first kappa shape index (κ1) is 13.9. The Bertz CT molecular complexity index is 599. The maximum absolute atomic E-state index is 11.5.